The molecule has 2 heterocycles. The number of carboxylic acid groups (broad SMARTS) is 1. The number of rotatable bonds is 5. The molecule has 19 heavy (non-hydrogen) atoms. The zero-order valence-electron chi connectivity index (χ0n) is 11.7. The molecule has 2 rings (SSSR count). The van der Waals surface area contributed by atoms with Crippen molar-refractivity contribution < 1.29 is 14.7 Å². The van der Waals surface area contributed by atoms with Crippen molar-refractivity contribution in [1.82, 2.24) is 10.6 Å². The fraction of sp³-hybridized carbons (Fsp3) is 0.857. The van der Waals surface area contributed by atoms with Gasteiger partial charge in [0.25, 0.3) is 0 Å². The number of carbonyl (C=O) groups excluding carboxylic acids is 1. The lowest BCUT2D eigenvalue weighted by Crippen LogP contribution is -2.52. The Morgan fingerprint density at radius 2 is 1.89 bits per heavy atom. The molecule has 0 aromatic heterocycles. The number of hydrogen-bond acceptors (Lipinski definition) is 3. The molecule has 0 aliphatic carbocycles. The lowest BCUT2D eigenvalue weighted by molar-refractivity contribution is -0.147. The van der Waals surface area contributed by atoms with E-state index >= 15 is 0 Å². The van der Waals surface area contributed by atoms with Crippen LogP contribution in [0.2, 0.25) is 0 Å². The van der Waals surface area contributed by atoms with Crippen LogP contribution in [0.5, 0.6) is 0 Å². The van der Waals surface area contributed by atoms with Gasteiger partial charge in [-0.05, 0) is 44.9 Å². The summed E-state index contributed by atoms with van der Waals surface area (Å²) in [5.41, 5.74) is -1.14. The largest absolute Gasteiger partial charge is 0.480 e. The van der Waals surface area contributed by atoms with Gasteiger partial charge >= 0.3 is 5.97 Å². The van der Waals surface area contributed by atoms with Gasteiger partial charge in [-0.15, -0.1) is 0 Å². The van der Waals surface area contributed by atoms with Crippen LogP contribution < -0.4 is 10.6 Å². The molecule has 0 radical (unpaired) electrons. The minimum atomic E-state index is -1.14. The molecule has 3 unspecified atom stereocenters. The second-order valence-electron chi connectivity index (χ2n) is 6.22. The maximum atomic E-state index is 12.0. The fourth-order valence-corrected chi connectivity index (χ4v) is 3.26. The monoisotopic (exact) mass is 268 g/mol. The molecule has 2 bridgehead atoms. The van der Waals surface area contributed by atoms with Crippen LogP contribution in [-0.4, -0.2) is 34.6 Å². The number of carbonyl (C=O) groups is 2. The molecule has 2 fully saturated rings. The van der Waals surface area contributed by atoms with Crippen molar-refractivity contribution >= 4 is 11.9 Å². The molecule has 5 heteroatoms. The normalized spacial score (nSPS) is 32.6. The van der Waals surface area contributed by atoms with E-state index in [1.54, 1.807) is 13.8 Å². The first-order valence-electron chi connectivity index (χ1n) is 7.23. The smallest absolute Gasteiger partial charge is 0.329 e. The molecule has 1 amide bonds. The van der Waals surface area contributed by atoms with Crippen LogP contribution in [0.4, 0.5) is 0 Å². The third-order valence-corrected chi connectivity index (χ3v) is 4.64. The van der Waals surface area contributed by atoms with E-state index in [-0.39, 0.29) is 5.91 Å². The van der Waals surface area contributed by atoms with Crippen LogP contribution in [0.1, 0.15) is 52.4 Å². The number of fused-ring (bicyclic) bond motifs is 2. The lowest BCUT2D eigenvalue weighted by Gasteiger charge is -2.30. The molecule has 2 aliphatic heterocycles. The minimum absolute atomic E-state index is 0.127. The first-order chi connectivity index (χ1) is 8.93. The van der Waals surface area contributed by atoms with Crippen molar-refractivity contribution in [3.8, 4) is 0 Å². The Hall–Kier alpha value is -1.10. The van der Waals surface area contributed by atoms with Gasteiger partial charge in [0.1, 0.15) is 5.54 Å². The Balaban J connectivity index is 1.86. The summed E-state index contributed by atoms with van der Waals surface area (Å²) in [6.07, 6.45) is 5.36. The van der Waals surface area contributed by atoms with E-state index < -0.39 is 11.5 Å². The molecular weight excluding hydrogens is 244 g/mol. The highest BCUT2D eigenvalue weighted by Crippen LogP contribution is 2.32. The number of nitrogens with one attached hydrogen (secondary N) is 2. The first-order valence-corrected chi connectivity index (χ1v) is 7.23. The fourth-order valence-electron chi connectivity index (χ4n) is 3.26. The molecular formula is C14H24N2O3. The number of piperidine rings is 1. The zero-order chi connectivity index (χ0) is 14.0. The average molecular weight is 268 g/mol. The van der Waals surface area contributed by atoms with Crippen molar-refractivity contribution in [3.05, 3.63) is 0 Å². The van der Waals surface area contributed by atoms with Gasteiger partial charge in [0, 0.05) is 18.5 Å². The van der Waals surface area contributed by atoms with Gasteiger partial charge in [-0.2, -0.15) is 0 Å². The Kier molecular flexibility index (Phi) is 4.13. The highest BCUT2D eigenvalue weighted by atomic mass is 16.4. The third kappa shape index (κ3) is 3.26. The van der Waals surface area contributed by atoms with E-state index in [0.29, 0.717) is 30.8 Å². The zero-order valence-corrected chi connectivity index (χ0v) is 11.7. The first kappa shape index (κ1) is 14.3. The number of aliphatic carboxylic acids is 1. The number of amides is 1. The van der Waals surface area contributed by atoms with Gasteiger partial charge in [0.05, 0.1) is 0 Å². The summed E-state index contributed by atoms with van der Waals surface area (Å²) in [5, 5.41) is 15.4. The standard InChI is InChI=1S/C14H24N2O3/c1-3-14(2,13(18)19)16-12(17)8-9-6-10-4-5-11(7-9)15-10/h9-11,15H,3-8H2,1-2H3,(H,16,17)(H,18,19). The van der Waals surface area contributed by atoms with E-state index in [0.717, 1.165) is 12.8 Å². The van der Waals surface area contributed by atoms with Crippen LogP contribution in [0.15, 0.2) is 0 Å². The summed E-state index contributed by atoms with van der Waals surface area (Å²) in [7, 11) is 0. The number of carboxylic acids is 1. The SMILES string of the molecule is CCC(C)(NC(=O)CC1CC2CCC(C1)N2)C(=O)O. The van der Waals surface area contributed by atoms with Gasteiger partial charge in [-0.25, -0.2) is 4.79 Å². The quantitative estimate of drug-likeness (QED) is 0.702. The summed E-state index contributed by atoms with van der Waals surface area (Å²) >= 11 is 0. The van der Waals surface area contributed by atoms with Crippen LogP contribution in [0, 0.1) is 5.92 Å². The summed E-state index contributed by atoms with van der Waals surface area (Å²) < 4.78 is 0. The Morgan fingerprint density at radius 3 is 2.37 bits per heavy atom. The maximum absolute atomic E-state index is 12.0. The molecule has 2 saturated heterocycles. The minimum Gasteiger partial charge on any atom is -0.480 e. The third-order valence-electron chi connectivity index (χ3n) is 4.64. The highest BCUT2D eigenvalue weighted by molar-refractivity contribution is 5.86. The molecule has 0 aromatic rings. The number of hydrogen-bond donors (Lipinski definition) is 3. The van der Waals surface area contributed by atoms with Crippen LogP contribution in [0.25, 0.3) is 0 Å². The molecule has 3 atom stereocenters. The molecule has 108 valence electrons. The van der Waals surface area contributed by atoms with E-state index in [9.17, 15) is 9.59 Å². The molecule has 0 aromatic carbocycles. The van der Waals surface area contributed by atoms with Crippen molar-refractivity contribution in [3.63, 3.8) is 0 Å². The summed E-state index contributed by atoms with van der Waals surface area (Å²) in [4.78, 5) is 23.2. The van der Waals surface area contributed by atoms with Gasteiger partial charge < -0.3 is 15.7 Å². The Labute approximate surface area is 114 Å². The summed E-state index contributed by atoms with van der Waals surface area (Å²) in [6.45, 7) is 3.35. The average Bonchev–Trinajstić information content (AvgIpc) is 2.68. The van der Waals surface area contributed by atoms with E-state index in [2.05, 4.69) is 10.6 Å². The second-order valence-corrected chi connectivity index (χ2v) is 6.22. The maximum Gasteiger partial charge on any atom is 0.329 e. The predicted octanol–water partition coefficient (Wildman–Crippen LogP) is 1.28. The summed E-state index contributed by atoms with van der Waals surface area (Å²) in [5.74, 6) is -0.694. The van der Waals surface area contributed by atoms with Crippen molar-refractivity contribution in [2.24, 2.45) is 5.92 Å². The van der Waals surface area contributed by atoms with Crippen LogP contribution >= 0.6 is 0 Å². The second kappa shape index (κ2) is 5.49. The van der Waals surface area contributed by atoms with Crippen molar-refractivity contribution in [2.75, 3.05) is 0 Å². The van der Waals surface area contributed by atoms with Gasteiger partial charge in [-0.1, -0.05) is 6.92 Å². The Morgan fingerprint density at radius 1 is 1.32 bits per heavy atom. The van der Waals surface area contributed by atoms with Gasteiger partial charge in [0.15, 0.2) is 0 Å². The molecule has 2 aliphatic rings. The van der Waals surface area contributed by atoms with Crippen LogP contribution in [-0.2, 0) is 9.59 Å². The predicted molar refractivity (Wildman–Crippen MR) is 71.8 cm³/mol. The van der Waals surface area contributed by atoms with Crippen LogP contribution in [0.3, 0.4) is 0 Å². The molecule has 3 N–H and O–H groups in total. The molecule has 5 nitrogen and oxygen atoms in total. The summed E-state index contributed by atoms with van der Waals surface area (Å²) in [6, 6.07) is 1.13. The Bertz CT molecular complexity index is 360. The van der Waals surface area contributed by atoms with E-state index in [4.69, 9.17) is 5.11 Å². The highest BCUT2D eigenvalue weighted by Gasteiger charge is 2.36. The van der Waals surface area contributed by atoms with Crippen molar-refractivity contribution in [2.45, 2.75) is 70.0 Å². The topological polar surface area (TPSA) is 78.4 Å². The van der Waals surface area contributed by atoms with Crippen molar-refractivity contribution in [1.29, 1.82) is 0 Å². The van der Waals surface area contributed by atoms with Gasteiger partial charge in [-0.3, -0.25) is 4.79 Å². The molecule has 0 spiro atoms. The molecule has 0 saturated carbocycles. The van der Waals surface area contributed by atoms with E-state index in [1.807, 2.05) is 0 Å². The lowest BCUT2D eigenvalue weighted by atomic mass is 9.89. The van der Waals surface area contributed by atoms with Gasteiger partial charge in [0.2, 0.25) is 5.91 Å². The van der Waals surface area contributed by atoms with E-state index in [1.165, 1.54) is 12.8 Å².